The fourth-order valence-electron chi connectivity index (χ4n) is 5.85. The highest BCUT2D eigenvalue weighted by Crippen LogP contribution is 2.42. The molecule has 2 heterocycles. The highest BCUT2D eigenvalue weighted by Gasteiger charge is 2.47. The number of nitrogens with two attached hydrogens (primary N) is 1. The van der Waals surface area contributed by atoms with Crippen molar-refractivity contribution in [2.24, 2.45) is 17.6 Å². The maximum Gasteiger partial charge on any atom is 0.308 e. The van der Waals surface area contributed by atoms with Gasteiger partial charge in [0.2, 0.25) is 5.91 Å². The van der Waals surface area contributed by atoms with E-state index in [1.54, 1.807) is 0 Å². The van der Waals surface area contributed by atoms with E-state index in [2.05, 4.69) is 31.7 Å². The number of nitrogens with zero attached hydrogens (tertiary/aromatic N) is 2. The van der Waals surface area contributed by atoms with Crippen molar-refractivity contribution in [3.63, 3.8) is 0 Å². The zero-order valence-corrected chi connectivity index (χ0v) is 21.9. The Labute approximate surface area is 211 Å². The first-order chi connectivity index (χ1) is 16.9. The van der Waals surface area contributed by atoms with Crippen LogP contribution in [0.5, 0.6) is 5.75 Å². The second kappa shape index (κ2) is 13.3. The molecule has 0 saturated carbocycles. The normalized spacial score (nSPS) is 22.6. The van der Waals surface area contributed by atoms with Gasteiger partial charge in [-0.25, -0.2) is 0 Å². The van der Waals surface area contributed by atoms with Crippen molar-refractivity contribution in [2.45, 2.75) is 77.7 Å². The highest BCUT2D eigenvalue weighted by atomic mass is 16.5. The summed E-state index contributed by atoms with van der Waals surface area (Å²) in [4.78, 5) is 30.2. The third-order valence-corrected chi connectivity index (χ3v) is 7.71. The first kappa shape index (κ1) is 27.5. The Kier molecular flexibility index (Phi) is 10.4. The van der Waals surface area contributed by atoms with Crippen LogP contribution in [-0.4, -0.2) is 72.2 Å². The van der Waals surface area contributed by atoms with Gasteiger partial charge in [0.15, 0.2) is 0 Å². The van der Waals surface area contributed by atoms with Gasteiger partial charge in [0, 0.05) is 38.0 Å². The molecule has 0 bridgehead atoms. The standard InChI is InChI=1S/C28H45N3O4/c1-4-6-13-30(14-7-12-29)26(32)19-31-18-23(21-9-10-25-22(17-21)11-15-35-25)27(28(33)34)24(31)16-20(3)8-5-2/h9-10,17,20,23-24,27H,4-8,11-16,18-19,29H2,1-3H3,(H,33,34)/t20?,23-,24+,27-/m1/s1. The lowest BCUT2D eigenvalue weighted by molar-refractivity contribution is -0.144. The molecule has 1 fully saturated rings. The summed E-state index contributed by atoms with van der Waals surface area (Å²) in [6.45, 7) is 9.99. The van der Waals surface area contributed by atoms with E-state index in [-0.39, 0.29) is 24.4 Å². The van der Waals surface area contributed by atoms with Crippen LogP contribution in [0.3, 0.4) is 0 Å². The number of carbonyl (C=O) groups excluding carboxylic acids is 1. The summed E-state index contributed by atoms with van der Waals surface area (Å²) in [6.07, 6.45) is 6.56. The van der Waals surface area contributed by atoms with Gasteiger partial charge < -0.3 is 20.5 Å². The molecule has 3 rings (SSSR count). The maximum absolute atomic E-state index is 13.4. The second-order valence-electron chi connectivity index (χ2n) is 10.4. The third-order valence-electron chi connectivity index (χ3n) is 7.71. The molecule has 1 aromatic carbocycles. The number of likely N-dealkylation sites (tertiary alicyclic amines) is 1. The molecular weight excluding hydrogens is 442 g/mol. The van der Waals surface area contributed by atoms with E-state index < -0.39 is 11.9 Å². The average molecular weight is 488 g/mol. The number of carbonyl (C=O) groups is 2. The molecule has 1 saturated heterocycles. The lowest BCUT2D eigenvalue weighted by Crippen LogP contribution is -2.45. The van der Waals surface area contributed by atoms with Crippen molar-refractivity contribution in [2.75, 3.05) is 39.3 Å². The summed E-state index contributed by atoms with van der Waals surface area (Å²) < 4.78 is 5.67. The Morgan fingerprint density at radius 2 is 2.00 bits per heavy atom. The quantitative estimate of drug-likeness (QED) is 0.413. The number of hydrogen-bond acceptors (Lipinski definition) is 5. The van der Waals surface area contributed by atoms with Crippen molar-refractivity contribution in [1.29, 1.82) is 0 Å². The van der Waals surface area contributed by atoms with Crippen LogP contribution in [0.1, 0.15) is 76.3 Å². The fourth-order valence-corrected chi connectivity index (χ4v) is 5.85. The van der Waals surface area contributed by atoms with Crippen LogP contribution in [0.4, 0.5) is 0 Å². The first-order valence-electron chi connectivity index (χ1n) is 13.6. The number of carboxylic acid groups (broad SMARTS) is 1. The molecule has 0 spiro atoms. The number of rotatable bonds is 14. The molecule has 3 N–H and O–H groups in total. The Balaban J connectivity index is 1.86. The molecule has 1 amide bonds. The van der Waals surface area contributed by atoms with Gasteiger partial charge in [-0.2, -0.15) is 0 Å². The number of ether oxygens (including phenoxy) is 1. The minimum Gasteiger partial charge on any atom is -0.493 e. The molecule has 35 heavy (non-hydrogen) atoms. The lowest BCUT2D eigenvalue weighted by Gasteiger charge is -2.31. The molecule has 1 unspecified atom stereocenters. The van der Waals surface area contributed by atoms with Crippen molar-refractivity contribution in [1.82, 2.24) is 9.80 Å². The molecule has 7 nitrogen and oxygen atoms in total. The number of hydrogen-bond donors (Lipinski definition) is 2. The van der Waals surface area contributed by atoms with Crippen LogP contribution in [0.15, 0.2) is 18.2 Å². The number of amides is 1. The van der Waals surface area contributed by atoms with E-state index in [1.807, 2.05) is 17.0 Å². The summed E-state index contributed by atoms with van der Waals surface area (Å²) >= 11 is 0. The minimum atomic E-state index is -0.763. The van der Waals surface area contributed by atoms with Gasteiger partial charge in [-0.3, -0.25) is 14.5 Å². The molecule has 1 aromatic rings. The van der Waals surface area contributed by atoms with Gasteiger partial charge in [-0.05, 0) is 48.9 Å². The molecule has 196 valence electrons. The molecule has 2 aliphatic rings. The van der Waals surface area contributed by atoms with Crippen LogP contribution in [0, 0.1) is 11.8 Å². The van der Waals surface area contributed by atoms with Crippen LogP contribution < -0.4 is 10.5 Å². The van der Waals surface area contributed by atoms with Gasteiger partial charge in [0.25, 0.3) is 0 Å². The van der Waals surface area contributed by atoms with E-state index >= 15 is 0 Å². The van der Waals surface area contributed by atoms with Crippen LogP contribution in [0.25, 0.3) is 0 Å². The zero-order chi connectivity index (χ0) is 25.4. The van der Waals surface area contributed by atoms with E-state index in [0.29, 0.717) is 32.2 Å². The number of fused-ring (bicyclic) bond motifs is 1. The Hall–Kier alpha value is -2.12. The van der Waals surface area contributed by atoms with E-state index in [9.17, 15) is 14.7 Å². The zero-order valence-electron chi connectivity index (χ0n) is 21.9. The van der Waals surface area contributed by atoms with Gasteiger partial charge >= 0.3 is 5.97 Å². The summed E-state index contributed by atoms with van der Waals surface area (Å²) in [7, 11) is 0. The smallest absolute Gasteiger partial charge is 0.308 e. The van der Waals surface area contributed by atoms with Crippen molar-refractivity contribution >= 4 is 11.9 Å². The Morgan fingerprint density at radius 3 is 2.69 bits per heavy atom. The predicted octanol–water partition coefficient (Wildman–Crippen LogP) is 3.89. The highest BCUT2D eigenvalue weighted by molar-refractivity contribution is 5.79. The van der Waals surface area contributed by atoms with E-state index in [1.165, 1.54) is 0 Å². The van der Waals surface area contributed by atoms with Crippen molar-refractivity contribution in [3.05, 3.63) is 29.3 Å². The fraction of sp³-hybridized carbons (Fsp3) is 0.714. The number of aliphatic carboxylic acids is 1. The first-order valence-corrected chi connectivity index (χ1v) is 13.6. The summed E-state index contributed by atoms with van der Waals surface area (Å²) in [5, 5.41) is 10.4. The minimum absolute atomic E-state index is 0.0900. The van der Waals surface area contributed by atoms with Gasteiger partial charge in [0.05, 0.1) is 19.1 Å². The SMILES string of the molecule is CCCCN(CCCN)C(=O)CN1C[C@H](c2ccc3c(c2)CCO3)[C@@H](C(=O)O)[C@@H]1CC(C)CCC. The Morgan fingerprint density at radius 1 is 1.23 bits per heavy atom. The van der Waals surface area contributed by atoms with Crippen LogP contribution >= 0.6 is 0 Å². The number of carboxylic acids is 1. The molecule has 0 radical (unpaired) electrons. The molecule has 0 aromatic heterocycles. The summed E-state index contributed by atoms with van der Waals surface area (Å²) in [6, 6.07) is 5.99. The van der Waals surface area contributed by atoms with Crippen molar-refractivity contribution in [3.8, 4) is 5.75 Å². The number of unbranched alkanes of at least 4 members (excludes halogenated alkanes) is 1. The van der Waals surface area contributed by atoms with Crippen LogP contribution in [0.2, 0.25) is 0 Å². The maximum atomic E-state index is 13.4. The molecular formula is C28H45N3O4. The average Bonchev–Trinajstić information content (AvgIpc) is 3.43. The predicted molar refractivity (Wildman–Crippen MR) is 139 cm³/mol. The molecule has 2 aliphatic heterocycles. The van der Waals surface area contributed by atoms with Crippen molar-refractivity contribution < 1.29 is 19.4 Å². The third kappa shape index (κ3) is 6.98. The van der Waals surface area contributed by atoms with E-state index in [0.717, 1.165) is 68.4 Å². The lowest BCUT2D eigenvalue weighted by atomic mass is 9.81. The van der Waals surface area contributed by atoms with Gasteiger partial charge in [0.1, 0.15) is 5.75 Å². The molecule has 7 heteroatoms. The van der Waals surface area contributed by atoms with Gasteiger partial charge in [-0.1, -0.05) is 52.2 Å². The van der Waals surface area contributed by atoms with E-state index in [4.69, 9.17) is 10.5 Å². The monoisotopic (exact) mass is 487 g/mol. The molecule has 4 atom stereocenters. The summed E-state index contributed by atoms with van der Waals surface area (Å²) in [5.74, 6) is -0.0300. The number of benzene rings is 1. The Bertz CT molecular complexity index is 837. The molecule has 0 aliphatic carbocycles. The summed E-state index contributed by atoms with van der Waals surface area (Å²) in [5.41, 5.74) is 7.93. The largest absolute Gasteiger partial charge is 0.493 e. The van der Waals surface area contributed by atoms with Gasteiger partial charge in [-0.15, -0.1) is 0 Å². The van der Waals surface area contributed by atoms with Crippen LogP contribution in [-0.2, 0) is 16.0 Å². The topological polar surface area (TPSA) is 96.1 Å². The second-order valence-corrected chi connectivity index (χ2v) is 10.4.